The fraction of sp³-hybridized carbons (Fsp3) is 0.231. The quantitative estimate of drug-likeness (QED) is 0.892. The first-order chi connectivity index (χ1) is 9.61. The molecule has 2 heterocycles. The van der Waals surface area contributed by atoms with Crippen LogP contribution in [0, 0.1) is 0 Å². The molecule has 2 aromatic rings. The number of pyridine rings is 1. The van der Waals surface area contributed by atoms with Crippen molar-refractivity contribution in [3.63, 3.8) is 0 Å². The highest BCUT2D eigenvalue weighted by molar-refractivity contribution is 6.03. The Labute approximate surface area is 115 Å². The summed E-state index contributed by atoms with van der Waals surface area (Å²) >= 11 is 0. The molecule has 0 aliphatic carbocycles. The van der Waals surface area contributed by atoms with Crippen LogP contribution in [0.3, 0.4) is 0 Å². The number of aryl methyl sites for hydroxylation is 1. The van der Waals surface area contributed by atoms with E-state index in [9.17, 15) is 9.59 Å². The molecule has 7 nitrogen and oxygen atoms in total. The average molecular weight is 274 g/mol. The Kier molecular flexibility index (Phi) is 4.09. The number of hydrogen-bond donors (Lipinski definition) is 1. The predicted octanol–water partition coefficient (Wildman–Crippen LogP) is 0.826. The highest BCUT2D eigenvalue weighted by atomic mass is 16.5. The van der Waals surface area contributed by atoms with Crippen LogP contribution < -0.4 is 15.6 Å². The van der Waals surface area contributed by atoms with Crippen molar-refractivity contribution in [2.75, 3.05) is 11.9 Å². The van der Waals surface area contributed by atoms with Gasteiger partial charge in [0.25, 0.3) is 11.5 Å². The molecule has 0 atom stereocenters. The largest absolute Gasteiger partial charge is 0.464 e. The minimum Gasteiger partial charge on any atom is -0.464 e. The second-order valence-corrected chi connectivity index (χ2v) is 3.98. The van der Waals surface area contributed by atoms with E-state index >= 15 is 0 Å². The van der Waals surface area contributed by atoms with Crippen molar-refractivity contribution in [2.45, 2.75) is 6.92 Å². The van der Waals surface area contributed by atoms with Crippen molar-refractivity contribution in [3.8, 4) is 6.01 Å². The van der Waals surface area contributed by atoms with E-state index in [0.717, 1.165) is 0 Å². The van der Waals surface area contributed by atoms with Gasteiger partial charge in [-0.3, -0.25) is 9.59 Å². The van der Waals surface area contributed by atoms with Gasteiger partial charge in [0.2, 0.25) is 0 Å². The molecule has 0 spiro atoms. The van der Waals surface area contributed by atoms with Gasteiger partial charge in [-0.2, -0.15) is 0 Å². The van der Waals surface area contributed by atoms with E-state index in [1.807, 2.05) is 6.92 Å². The van der Waals surface area contributed by atoms with Crippen molar-refractivity contribution in [1.82, 2.24) is 14.5 Å². The average Bonchev–Trinajstić information content (AvgIpc) is 2.44. The van der Waals surface area contributed by atoms with Crippen LogP contribution in [0.15, 0.2) is 35.5 Å². The van der Waals surface area contributed by atoms with Crippen molar-refractivity contribution in [3.05, 3.63) is 46.6 Å². The molecule has 20 heavy (non-hydrogen) atoms. The summed E-state index contributed by atoms with van der Waals surface area (Å²) < 4.78 is 6.43. The van der Waals surface area contributed by atoms with Gasteiger partial charge in [0.15, 0.2) is 0 Å². The van der Waals surface area contributed by atoms with E-state index in [4.69, 9.17) is 4.74 Å². The van der Waals surface area contributed by atoms with Gasteiger partial charge in [-0.15, -0.1) is 0 Å². The number of anilines is 1. The lowest BCUT2D eigenvalue weighted by atomic mass is 10.2. The molecule has 0 bridgehead atoms. The SMILES string of the molecule is CCOc1ncc(NC(=O)c2cccn(C)c2=O)cn1. The van der Waals surface area contributed by atoms with Gasteiger partial charge in [-0.1, -0.05) is 0 Å². The van der Waals surface area contributed by atoms with Crippen LogP contribution >= 0.6 is 0 Å². The Hall–Kier alpha value is -2.70. The normalized spacial score (nSPS) is 10.1. The smallest absolute Gasteiger partial charge is 0.316 e. The van der Waals surface area contributed by atoms with Gasteiger partial charge in [0, 0.05) is 13.2 Å². The molecule has 0 saturated heterocycles. The van der Waals surface area contributed by atoms with Crippen molar-refractivity contribution in [2.24, 2.45) is 7.05 Å². The molecule has 7 heteroatoms. The summed E-state index contributed by atoms with van der Waals surface area (Å²) in [7, 11) is 1.58. The molecule has 0 unspecified atom stereocenters. The highest BCUT2D eigenvalue weighted by Gasteiger charge is 2.11. The second kappa shape index (κ2) is 5.96. The fourth-order valence-electron chi connectivity index (χ4n) is 1.55. The lowest BCUT2D eigenvalue weighted by Crippen LogP contribution is -2.27. The topological polar surface area (TPSA) is 86.1 Å². The summed E-state index contributed by atoms with van der Waals surface area (Å²) in [5.74, 6) is -0.501. The number of carbonyl (C=O) groups is 1. The molecule has 0 aliphatic rings. The maximum Gasteiger partial charge on any atom is 0.316 e. The first-order valence-electron chi connectivity index (χ1n) is 6.03. The molecule has 104 valence electrons. The van der Waals surface area contributed by atoms with Crippen LogP contribution in [0.5, 0.6) is 6.01 Å². The maximum absolute atomic E-state index is 12.0. The Morgan fingerprint density at radius 3 is 2.75 bits per heavy atom. The molecule has 2 aromatic heterocycles. The standard InChI is InChI=1S/C13H14N4O3/c1-3-20-13-14-7-9(8-15-13)16-11(18)10-5-4-6-17(2)12(10)19/h4-8H,3H2,1-2H3,(H,16,18). The van der Waals surface area contributed by atoms with Crippen molar-refractivity contribution >= 4 is 11.6 Å². The first kappa shape index (κ1) is 13.7. The van der Waals surface area contributed by atoms with Gasteiger partial charge >= 0.3 is 6.01 Å². The van der Waals surface area contributed by atoms with Crippen LogP contribution in [0.2, 0.25) is 0 Å². The summed E-state index contributed by atoms with van der Waals surface area (Å²) in [4.78, 5) is 31.6. The molecular formula is C13H14N4O3. The van der Waals surface area contributed by atoms with E-state index in [2.05, 4.69) is 15.3 Å². The number of ether oxygens (including phenoxy) is 1. The Bertz CT molecular complexity index is 664. The number of nitrogens with one attached hydrogen (secondary N) is 1. The Balaban J connectivity index is 2.15. The molecule has 0 fully saturated rings. The van der Waals surface area contributed by atoms with Crippen molar-refractivity contribution < 1.29 is 9.53 Å². The van der Waals surface area contributed by atoms with Gasteiger partial charge in [0.1, 0.15) is 5.56 Å². The molecule has 1 amide bonds. The van der Waals surface area contributed by atoms with Gasteiger partial charge in [-0.25, -0.2) is 9.97 Å². The number of nitrogens with zero attached hydrogens (tertiary/aromatic N) is 3. The van der Waals surface area contributed by atoms with Crippen LogP contribution in [-0.4, -0.2) is 27.0 Å². The lowest BCUT2D eigenvalue weighted by molar-refractivity contribution is 0.102. The lowest BCUT2D eigenvalue weighted by Gasteiger charge is -2.06. The Morgan fingerprint density at radius 2 is 2.10 bits per heavy atom. The molecule has 0 saturated carbocycles. The minimum absolute atomic E-state index is 0.0592. The summed E-state index contributed by atoms with van der Waals surface area (Å²) in [5, 5.41) is 2.56. The number of amides is 1. The second-order valence-electron chi connectivity index (χ2n) is 3.98. The van der Waals surface area contributed by atoms with E-state index in [-0.39, 0.29) is 17.1 Å². The molecule has 1 N–H and O–H groups in total. The van der Waals surface area contributed by atoms with Crippen LogP contribution in [-0.2, 0) is 7.05 Å². The van der Waals surface area contributed by atoms with Gasteiger partial charge in [0.05, 0.1) is 24.7 Å². The Morgan fingerprint density at radius 1 is 1.40 bits per heavy atom. The molecule has 2 rings (SSSR count). The highest BCUT2D eigenvalue weighted by Crippen LogP contribution is 2.08. The monoisotopic (exact) mass is 274 g/mol. The number of aromatic nitrogens is 3. The van der Waals surface area contributed by atoms with Gasteiger partial charge in [-0.05, 0) is 19.1 Å². The first-order valence-corrected chi connectivity index (χ1v) is 6.03. The van der Waals surface area contributed by atoms with E-state index in [1.165, 1.54) is 23.0 Å². The third-order valence-electron chi connectivity index (χ3n) is 2.53. The molecule has 0 radical (unpaired) electrons. The van der Waals surface area contributed by atoms with Crippen molar-refractivity contribution in [1.29, 1.82) is 0 Å². The zero-order valence-electron chi connectivity index (χ0n) is 11.2. The van der Waals surface area contributed by atoms with E-state index in [0.29, 0.717) is 12.3 Å². The van der Waals surface area contributed by atoms with Crippen LogP contribution in [0.1, 0.15) is 17.3 Å². The number of hydrogen-bond acceptors (Lipinski definition) is 5. The zero-order valence-corrected chi connectivity index (χ0v) is 11.2. The molecule has 0 aliphatic heterocycles. The minimum atomic E-state index is -0.501. The zero-order chi connectivity index (χ0) is 14.5. The summed E-state index contributed by atoms with van der Waals surface area (Å²) in [6.07, 6.45) is 4.42. The molecular weight excluding hydrogens is 260 g/mol. The summed E-state index contributed by atoms with van der Waals surface area (Å²) in [6.45, 7) is 2.29. The van der Waals surface area contributed by atoms with E-state index < -0.39 is 5.91 Å². The number of rotatable bonds is 4. The fourth-order valence-corrected chi connectivity index (χ4v) is 1.55. The summed E-state index contributed by atoms with van der Waals surface area (Å²) in [6, 6.07) is 3.33. The third kappa shape index (κ3) is 3.00. The van der Waals surface area contributed by atoms with E-state index in [1.54, 1.807) is 19.3 Å². The van der Waals surface area contributed by atoms with Gasteiger partial charge < -0.3 is 14.6 Å². The predicted molar refractivity (Wildman–Crippen MR) is 72.8 cm³/mol. The van der Waals surface area contributed by atoms with Crippen LogP contribution in [0.25, 0.3) is 0 Å². The third-order valence-corrected chi connectivity index (χ3v) is 2.53. The number of carbonyl (C=O) groups excluding carboxylic acids is 1. The molecule has 0 aromatic carbocycles. The van der Waals surface area contributed by atoms with Crippen LogP contribution in [0.4, 0.5) is 5.69 Å². The summed E-state index contributed by atoms with van der Waals surface area (Å²) in [5.41, 5.74) is 0.0881. The maximum atomic E-state index is 12.0.